The summed E-state index contributed by atoms with van der Waals surface area (Å²) >= 11 is 0. The fourth-order valence-electron chi connectivity index (χ4n) is 1.77. The Morgan fingerprint density at radius 2 is 1.67 bits per heavy atom. The number of carbonyl (C=O) groups excluding carboxylic acids is 1. The highest BCUT2D eigenvalue weighted by Crippen LogP contribution is 2.25. The largest absolute Gasteiger partial charge is 0.471 e. The summed E-state index contributed by atoms with van der Waals surface area (Å²) in [6.45, 7) is 3.38. The normalized spacial score (nSPS) is 12.3. The Labute approximate surface area is 163 Å². The highest BCUT2D eigenvalue weighted by atomic mass is 35.7. The Balaban J connectivity index is 0.00000119. The van der Waals surface area contributed by atoms with Gasteiger partial charge < -0.3 is 5.32 Å². The standard InChI is InChI=1S/C13H15ClF3NO3S.ClHO3S/c1-8(2)10-4-3-9(11(7-10)22(14,20)21)5-6-18-12(19)13(15,16)17;1-5(2,3)4/h3-4,7-8H,5-6H2,1-2H3,(H,18,19);(H,2,3,4). The van der Waals surface area contributed by atoms with E-state index >= 15 is 0 Å². The first-order valence-electron chi connectivity index (χ1n) is 7.02. The molecule has 14 heteroatoms. The molecule has 0 aliphatic heterocycles. The summed E-state index contributed by atoms with van der Waals surface area (Å²) in [5, 5.41) is 1.69. The Hall–Kier alpha value is -1.08. The minimum absolute atomic E-state index is 0.0659. The van der Waals surface area contributed by atoms with E-state index < -0.39 is 30.5 Å². The maximum absolute atomic E-state index is 12.1. The van der Waals surface area contributed by atoms with Gasteiger partial charge >= 0.3 is 21.4 Å². The van der Waals surface area contributed by atoms with Gasteiger partial charge in [0.25, 0.3) is 9.05 Å². The molecule has 1 rings (SSSR count). The lowest BCUT2D eigenvalue weighted by Crippen LogP contribution is -2.37. The molecule has 156 valence electrons. The van der Waals surface area contributed by atoms with Crippen molar-refractivity contribution in [2.24, 2.45) is 0 Å². The number of amides is 1. The number of alkyl halides is 3. The first-order valence-corrected chi connectivity index (χ1v) is 11.6. The third kappa shape index (κ3) is 11.4. The summed E-state index contributed by atoms with van der Waals surface area (Å²) in [6, 6.07) is 4.56. The van der Waals surface area contributed by atoms with Crippen molar-refractivity contribution in [3.8, 4) is 0 Å². The summed E-state index contributed by atoms with van der Waals surface area (Å²) in [7, 11) is 1.19. The van der Waals surface area contributed by atoms with Gasteiger partial charge in [-0.2, -0.15) is 21.6 Å². The molecule has 0 heterocycles. The Kier molecular flexibility index (Phi) is 9.52. The average molecular weight is 474 g/mol. The summed E-state index contributed by atoms with van der Waals surface area (Å²) < 4.78 is 84.5. The number of rotatable bonds is 5. The molecule has 1 aromatic carbocycles. The van der Waals surface area contributed by atoms with Crippen LogP contribution in [0.2, 0.25) is 0 Å². The molecule has 0 spiro atoms. The summed E-state index contributed by atoms with van der Waals surface area (Å²) in [4.78, 5) is 10.5. The van der Waals surface area contributed by atoms with Crippen LogP contribution in [0.1, 0.15) is 30.9 Å². The molecule has 0 atom stereocenters. The number of hydrogen-bond acceptors (Lipinski definition) is 5. The average Bonchev–Trinajstić information content (AvgIpc) is 2.43. The number of nitrogens with one attached hydrogen (secondary N) is 1. The van der Waals surface area contributed by atoms with Crippen LogP contribution < -0.4 is 5.32 Å². The molecule has 1 amide bonds. The second kappa shape index (κ2) is 9.92. The van der Waals surface area contributed by atoms with Gasteiger partial charge in [-0.05, 0) is 29.5 Å². The van der Waals surface area contributed by atoms with E-state index in [0.717, 1.165) is 5.56 Å². The molecule has 0 aliphatic carbocycles. The van der Waals surface area contributed by atoms with Crippen LogP contribution in [0.25, 0.3) is 0 Å². The topological polar surface area (TPSA) is 118 Å². The van der Waals surface area contributed by atoms with Crippen molar-refractivity contribution in [2.45, 2.75) is 37.3 Å². The summed E-state index contributed by atoms with van der Waals surface area (Å²) in [6.07, 6.45) is -5.05. The van der Waals surface area contributed by atoms with Crippen LogP contribution in [-0.2, 0) is 29.6 Å². The molecule has 0 radical (unpaired) electrons. The lowest BCUT2D eigenvalue weighted by atomic mass is 10.0. The lowest BCUT2D eigenvalue weighted by Gasteiger charge is -2.12. The van der Waals surface area contributed by atoms with Crippen LogP contribution in [0, 0.1) is 0 Å². The summed E-state index contributed by atoms with van der Waals surface area (Å²) in [5.74, 6) is -2.00. The zero-order valence-corrected chi connectivity index (χ0v) is 17.1. The van der Waals surface area contributed by atoms with Gasteiger partial charge in [-0.15, -0.1) is 0 Å². The van der Waals surface area contributed by atoms with Crippen molar-refractivity contribution >= 4 is 45.7 Å². The first kappa shape index (κ1) is 25.9. The van der Waals surface area contributed by atoms with E-state index in [9.17, 15) is 26.4 Å². The van der Waals surface area contributed by atoms with Gasteiger partial charge in [-0.3, -0.25) is 9.35 Å². The predicted molar refractivity (Wildman–Crippen MR) is 93.7 cm³/mol. The zero-order valence-electron chi connectivity index (χ0n) is 13.9. The SMILES string of the molecule is CC(C)c1ccc(CCNC(=O)C(F)(F)F)c(S(=O)(=O)Cl)c1.O=S(=O)(O)Cl. The van der Waals surface area contributed by atoms with Crippen LogP contribution in [0.3, 0.4) is 0 Å². The minimum Gasteiger partial charge on any atom is -0.348 e. The van der Waals surface area contributed by atoms with Gasteiger partial charge in [-0.25, -0.2) is 8.42 Å². The van der Waals surface area contributed by atoms with Crippen molar-refractivity contribution in [3.63, 3.8) is 0 Å². The number of halogens is 5. The molecule has 27 heavy (non-hydrogen) atoms. The van der Waals surface area contributed by atoms with Crippen LogP contribution in [0.4, 0.5) is 13.2 Å². The Morgan fingerprint density at radius 3 is 2.04 bits per heavy atom. The van der Waals surface area contributed by atoms with Crippen LogP contribution in [0.15, 0.2) is 23.1 Å². The predicted octanol–water partition coefficient (Wildman–Crippen LogP) is 2.99. The van der Waals surface area contributed by atoms with Crippen molar-refractivity contribution in [3.05, 3.63) is 29.3 Å². The van der Waals surface area contributed by atoms with Crippen molar-refractivity contribution in [2.75, 3.05) is 6.54 Å². The van der Waals surface area contributed by atoms with E-state index in [1.165, 1.54) is 12.1 Å². The quantitative estimate of drug-likeness (QED) is 0.501. The molecule has 0 bridgehead atoms. The zero-order chi connectivity index (χ0) is 21.6. The first-order chi connectivity index (χ1) is 11.9. The van der Waals surface area contributed by atoms with Crippen molar-refractivity contribution in [1.29, 1.82) is 0 Å². The van der Waals surface area contributed by atoms with E-state index in [-0.39, 0.29) is 29.3 Å². The van der Waals surface area contributed by atoms with E-state index in [0.29, 0.717) is 0 Å². The van der Waals surface area contributed by atoms with Gasteiger partial charge in [-0.1, -0.05) is 26.0 Å². The van der Waals surface area contributed by atoms with E-state index in [1.807, 2.05) is 13.8 Å². The Bertz CT molecular complexity index is 863. The highest BCUT2D eigenvalue weighted by molar-refractivity contribution is 8.13. The molecule has 0 saturated carbocycles. The lowest BCUT2D eigenvalue weighted by molar-refractivity contribution is -0.173. The maximum atomic E-state index is 12.1. The van der Waals surface area contributed by atoms with Gasteiger partial charge in [0.2, 0.25) is 0 Å². The monoisotopic (exact) mass is 473 g/mol. The molecule has 2 N–H and O–H groups in total. The van der Waals surface area contributed by atoms with E-state index in [4.69, 9.17) is 23.7 Å². The summed E-state index contributed by atoms with van der Waals surface area (Å²) in [5.41, 5.74) is 0.990. The molecule has 7 nitrogen and oxygen atoms in total. The number of hydrogen-bond donors (Lipinski definition) is 2. The third-order valence-corrected chi connectivity index (χ3v) is 4.36. The molecule has 0 fully saturated rings. The van der Waals surface area contributed by atoms with Gasteiger partial charge in [0.15, 0.2) is 0 Å². The number of carbonyl (C=O) groups is 1. The van der Waals surface area contributed by atoms with Crippen LogP contribution in [0.5, 0.6) is 0 Å². The molecule has 0 saturated heterocycles. The highest BCUT2D eigenvalue weighted by Gasteiger charge is 2.38. The Morgan fingerprint density at radius 1 is 1.19 bits per heavy atom. The third-order valence-electron chi connectivity index (χ3n) is 2.96. The molecule has 0 aliphatic rings. The molecule has 0 unspecified atom stereocenters. The van der Waals surface area contributed by atoms with E-state index in [2.05, 4.69) is 10.7 Å². The van der Waals surface area contributed by atoms with Crippen LogP contribution in [-0.4, -0.2) is 40.0 Å². The van der Waals surface area contributed by atoms with Gasteiger partial charge in [0.05, 0.1) is 4.90 Å². The molecular weight excluding hydrogens is 458 g/mol. The molecular formula is C13H16Cl2F3NO6S2. The van der Waals surface area contributed by atoms with Gasteiger partial charge in [0.1, 0.15) is 0 Å². The fraction of sp³-hybridized carbons (Fsp3) is 0.462. The smallest absolute Gasteiger partial charge is 0.348 e. The maximum Gasteiger partial charge on any atom is 0.471 e. The minimum atomic E-state index is -4.97. The fourth-order valence-corrected chi connectivity index (χ4v) is 2.97. The van der Waals surface area contributed by atoms with Crippen LogP contribution >= 0.6 is 21.4 Å². The van der Waals surface area contributed by atoms with Crippen molar-refractivity contribution in [1.82, 2.24) is 5.32 Å². The van der Waals surface area contributed by atoms with Crippen molar-refractivity contribution < 1.29 is 39.4 Å². The second-order valence-electron chi connectivity index (χ2n) is 5.38. The van der Waals surface area contributed by atoms with E-state index in [1.54, 1.807) is 11.4 Å². The van der Waals surface area contributed by atoms with Gasteiger partial charge in [0, 0.05) is 27.9 Å². The molecule has 0 aromatic heterocycles. The second-order valence-corrected chi connectivity index (χ2v) is 9.90. The molecule has 1 aromatic rings. The number of benzene rings is 1.